The number of aromatic nitrogens is 4. The van der Waals surface area contributed by atoms with Gasteiger partial charge < -0.3 is 4.57 Å². The topological polar surface area (TPSA) is 35.6 Å². The minimum Gasteiger partial charge on any atom is -0.309 e. The van der Waals surface area contributed by atoms with Gasteiger partial charge in [-0.1, -0.05) is 97.1 Å². The monoisotopic (exact) mass is 536 g/mol. The van der Waals surface area contributed by atoms with Gasteiger partial charge in [-0.25, -0.2) is 9.97 Å². The molecular formula is C38H24N4. The standard InChI is InChI=1S/C38H24N4/c1-3-11-25(12-4-1)26-23-39-38(40-24-26)42-33-18-10-8-16-31(33)37-29-19-21-34-36(28(29)20-22-35(37)42)30-15-7-9-17-32(30)41(34)27-13-5-2-6-14-27/h1-24H. The Hall–Kier alpha value is -5.74. The first-order valence-electron chi connectivity index (χ1n) is 14.2. The van der Waals surface area contributed by atoms with E-state index in [1.165, 1.54) is 43.4 Å². The number of nitrogens with zero attached hydrogens (tertiary/aromatic N) is 4. The van der Waals surface area contributed by atoms with Gasteiger partial charge in [0, 0.05) is 45.2 Å². The van der Waals surface area contributed by atoms with Gasteiger partial charge in [0.15, 0.2) is 0 Å². The van der Waals surface area contributed by atoms with Crippen LogP contribution < -0.4 is 0 Å². The van der Waals surface area contributed by atoms with E-state index < -0.39 is 0 Å². The fraction of sp³-hybridized carbons (Fsp3) is 0. The van der Waals surface area contributed by atoms with Crippen molar-refractivity contribution in [3.8, 4) is 22.8 Å². The molecule has 0 fully saturated rings. The fourth-order valence-corrected chi connectivity index (χ4v) is 6.63. The van der Waals surface area contributed by atoms with Crippen molar-refractivity contribution in [1.29, 1.82) is 0 Å². The Kier molecular flexibility index (Phi) is 4.87. The summed E-state index contributed by atoms with van der Waals surface area (Å²) in [6.07, 6.45) is 3.84. The average molecular weight is 537 g/mol. The molecule has 3 heterocycles. The summed E-state index contributed by atoms with van der Waals surface area (Å²) in [5.41, 5.74) is 7.88. The summed E-state index contributed by atoms with van der Waals surface area (Å²) in [5.74, 6) is 0.669. The van der Waals surface area contributed by atoms with Crippen LogP contribution in [0.15, 0.2) is 146 Å². The number of hydrogen-bond acceptors (Lipinski definition) is 2. The lowest BCUT2D eigenvalue weighted by molar-refractivity contribution is 0.990. The molecule has 4 nitrogen and oxygen atoms in total. The maximum absolute atomic E-state index is 4.85. The van der Waals surface area contributed by atoms with E-state index in [0.29, 0.717) is 5.95 Å². The summed E-state index contributed by atoms with van der Waals surface area (Å²) in [7, 11) is 0. The third-order valence-corrected chi connectivity index (χ3v) is 8.43. The van der Waals surface area contributed by atoms with Crippen LogP contribution >= 0.6 is 0 Å². The van der Waals surface area contributed by atoms with Gasteiger partial charge in [-0.15, -0.1) is 0 Å². The molecule has 0 spiro atoms. The summed E-state index contributed by atoms with van der Waals surface area (Å²) >= 11 is 0. The van der Waals surface area contributed by atoms with Crippen molar-refractivity contribution in [2.24, 2.45) is 0 Å². The number of benzene rings is 6. The van der Waals surface area contributed by atoms with Gasteiger partial charge in [0.25, 0.3) is 0 Å². The van der Waals surface area contributed by atoms with Crippen LogP contribution in [0.4, 0.5) is 0 Å². The minimum absolute atomic E-state index is 0.669. The summed E-state index contributed by atoms with van der Waals surface area (Å²) < 4.78 is 4.57. The van der Waals surface area contributed by atoms with Gasteiger partial charge in [0.2, 0.25) is 5.95 Å². The molecule has 0 aliphatic rings. The molecule has 42 heavy (non-hydrogen) atoms. The lowest BCUT2D eigenvalue weighted by atomic mass is 9.99. The Morgan fingerprint density at radius 3 is 1.48 bits per heavy atom. The fourth-order valence-electron chi connectivity index (χ4n) is 6.63. The molecule has 9 aromatic rings. The van der Waals surface area contributed by atoms with Crippen LogP contribution in [0.1, 0.15) is 0 Å². The highest BCUT2D eigenvalue weighted by Crippen LogP contribution is 2.42. The lowest BCUT2D eigenvalue weighted by Gasteiger charge is -2.09. The Morgan fingerprint density at radius 1 is 0.357 bits per heavy atom. The molecule has 9 rings (SSSR count). The molecule has 0 atom stereocenters. The molecule has 0 radical (unpaired) electrons. The number of fused-ring (bicyclic) bond motifs is 9. The van der Waals surface area contributed by atoms with Crippen LogP contribution in [-0.2, 0) is 0 Å². The van der Waals surface area contributed by atoms with Gasteiger partial charge >= 0.3 is 0 Å². The summed E-state index contributed by atoms with van der Waals surface area (Å²) in [5, 5.41) is 7.41. The van der Waals surface area contributed by atoms with Crippen LogP contribution in [0.5, 0.6) is 0 Å². The van der Waals surface area contributed by atoms with E-state index in [-0.39, 0.29) is 0 Å². The Balaban J connectivity index is 1.35. The van der Waals surface area contributed by atoms with Crippen molar-refractivity contribution < 1.29 is 0 Å². The number of hydrogen-bond donors (Lipinski definition) is 0. The average Bonchev–Trinajstić information content (AvgIpc) is 3.59. The van der Waals surface area contributed by atoms with Gasteiger partial charge in [-0.05, 0) is 52.7 Å². The second-order valence-electron chi connectivity index (χ2n) is 10.7. The van der Waals surface area contributed by atoms with E-state index in [4.69, 9.17) is 9.97 Å². The molecule has 0 aliphatic heterocycles. The Morgan fingerprint density at radius 2 is 0.857 bits per heavy atom. The highest BCUT2D eigenvalue weighted by Gasteiger charge is 2.19. The Labute approximate surface area is 241 Å². The largest absolute Gasteiger partial charge is 0.309 e. The van der Waals surface area contributed by atoms with Crippen molar-refractivity contribution in [1.82, 2.24) is 19.1 Å². The normalized spacial score (nSPS) is 11.8. The Bertz CT molecular complexity index is 2430. The van der Waals surface area contributed by atoms with Crippen LogP contribution in [0.2, 0.25) is 0 Å². The molecule has 3 aromatic heterocycles. The summed E-state index contributed by atoms with van der Waals surface area (Å²) in [6, 6.07) is 47.3. The molecule has 0 bridgehead atoms. The minimum atomic E-state index is 0.669. The molecule has 196 valence electrons. The van der Waals surface area contributed by atoms with Crippen molar-refractivity contribution in [2.45, 2.75) is 0 Å². The molecule has 4 heteroatoms. The van der Waals surface area contributed by atoms with Gasteiger partial charge in [-0.3, -0.25) is 4.57 Å². The van der Waals surface area contributed by atoms with Crippen LogP contribution in [0.3, 0.4) is 0 Å². The zero-order chi connectivity index (χ0) is 27.6. The second-order valence-corrected chi connectivity index (χ2v) is 10.7. The van der Waals surface area contributed by atoms with E-state index in [9.17, 15) is 0 Å². The summed E-state index contributed by atoms with van der Waals surface area (Å²) in [4.78, 5) is 9.71. The molecule has 0 saturated heterocycles. The molecule has 0 amide bonds. The van der Waals surface area contributed by atoms with Gasteiger partial charge in [0.05, 0.1) is 22.1 Å². The van der Waals surface area contributed by atoms with Crippen LogP contribution in [0, 0.1) is 0 Å². The van der Waals surface area contributed by atoms with E-state index in [2.05, 4.69) is 124 Å². The first-order chi connectivity index (χ1) is 20.9. The molecule has 0 unspecified atom stereocenters. The zero-order valence-corrected chi connectivity index (χ0v) is 22.6. The first-order valence-corrected chi connectivity index (χ1v) is 14.2. The maximum atomic E-state index is 4.85. The number of rotatable bonds is 3. The number of para-hydroxylation sites is 3. The highest BCUT2D eigenvalue weighted by molar-refractivity contribution is 6.29. The quantitative estimate of drug-likeness (QED) is 0.225. The molecule has 0 N–H and O–H groups in total. The summed E-state index contributed by atoms with van der Waals surface area (Å²) in [6.45, 7) is 0. The van der Waals surface area contributed by atoms with E-state index in [1.54, 1.807) is 0 Å². The molecular weight excluding hydrogens is 512 g/mol. The van der Waals surface area contributed by atoms with E-state index >= 15 is 0 Å². The molecule has 0 saturated carbocycles. The van der Waals surface area contributed by atoms with Crippen LogP contribution in [0.25, 0.3) is 77.1 Å². The predicted octanol–water partition coefficient (Wildman–Crippen LogP) is 9.49. The van der Waals surface area contributed by atoms with Crippen molar-refractivity contribution >= 4 is 54.4 Å². The van der Waals surface area contributed by atoms with E-state index in [1.807, 2.05) is 30.6 Å². The molecule has 6 aromatic carbocycles. The van der Waals surface area contributed by atoms with Gasteiger partial charge in [-0.2, -0.15) is 0 Å². The first kappa shape index (κ1) is 23.0. The molecule has 0 aliphatic carbocycles. The third kappa shape index (κ3) is 3.23. The van der Waals surface area contributed by atoms with E-state index in [0.717, 1.165) is 27.8 Å². The van der Waals surface area contributed by atoms with Crippen molar-refractivity contribution in [3.63, 3.8) is 0 Å². The zero-order valence-electron chi connectivity index (χ0n) is 22.6. The maximum Gasteiger partial charge on any atom is 0.234 e. The SMILES string of the molecule is c1ccc(-c2cnc(-n3c4ccccc4c4c5ccc6c(c5ccc43)c3ccccc3n6-c3ccccc3)nc2)cc1. The van der Waals surface area contributed by atoms with Gasteiger partial charge in [0.1, 0.15) is 0 Å². The van der Waals surface area contributed by atoms with Crippen LogP contribution in [-0.4, -0.2) is 19.1 Å². The third-order valence-electron chi connectivity index (χ3n) is 8.43. The lowest BCUT2D eigenvalue weighted by Crippen LogP contribution is -2.00. The highest BCUT2D eigenvalue weighted by atomic mass is 15.1. The van der Waals surface area contributed by atoms with Crippen molar-refractivity contribution in [3.05, 3.63) is 146 Å². The predicted molar refractivity (Wildman–Crippen MR) is 174 cm³/mol. The van der Waals surface area contributed by atoms with Crippen molar-refractivity contribution in [2.75, 3.05) is 0 Å². The smallest absolute Gasteiger partial charge is 0.234 e. The second kappa shape index (κ2) is 8.88.